The summed E-state index contributed by atoms with van der Waals surface area (Å²) in [5.74, 6) is -1.25. The molecule has 19 heavy (non-hydrogen) atoms. The molecular formula is C9H9BrClNO5S2. The summed E-state index contributed by atoms with van der Waals surface area (Å²) in [7, 11) is -3.96. The third-order valence-corrected chi connectivity index (χ3v) is 7.13. The maximum absolute atomic E-state index is 12.2. The summed E-state index contributed by atoms with van der Waals surface area (Å²) in [5.41, 5.74) is -1.61. The molecule has 6 nitrogen and oxygen atoms in total. The molecule has 0 aromatic carbocycles. The summed E-state index contributed by atoms with van der Waals surface area (Å²) < 4.78 is 32.0. The SMILES string of the molecule is O=C(O)C1(NS(=O)(=O)c2cc(Cl)c(Br)s2)CCOC1. The van der Waals surface area contributed by atoms with Crippen LogP contribution in [0.15, 0.2) is 14.1 Å². The van der Waals surface area contributed by atoms with Gasteiger partial charge in [0.05, 0.1) is 15.4 Å². The van der Waals surface area contributed by atoms with Gasteiger partial charge in [-0.05, 0) is 22.0 Å². The second-order valence-corrected chi connectivity index (χ2v) is 8.67. The van der Waals surface area contributed by atoms with Gasteiger partial charge in [-0.1, -0.05) is 11.6 Å². The summed E-state index contributed by atoms with van der Waals surface area (Å²) in [6.07, 6.45) is 0.0852. The molecule has 0 amide bonds. The molecule has 0 bridgehead atoms. The molecule has 1 aromatic heterocycles. The van der Waals surface area contributed by atoms with Crippen molar-refractivity contribution in [2.75, 3.05) is 13.2 Å². The van der Waals surface area contributed by atoms with E-state index in [4.69, 9.17) is 16.3 Å². The molecule has 1 aromatic rings. The monoisotopic (exact) mass is 389 g/mol. The van der Waals surface area contributed by atoms with Gasteiger partial charge in [-0.2, -0.15) is 4.72 Å². The molecule has 1 atom stereocenters. The Bertz CT molecular complexity index is 589. The molecule has 2 heterocycles. The quantitative estimate of drug-likeness (QED) is 0.816. The molecule has 0 aliphatic carbocycles. The lowest BCUT2D eigenvalue weighted by Gasteiger charge is -2.22. The molecule has 1 fully saturated rings. The van der Waals surface area contributed by atoms with Gasteiger partial charge in [-0.3, -0.25) is 4.79 Å². The van der Waals surface area contributed by atoms with Crippen LogP contribution < -0.4 is 4.72 Å². The highest BCUT2D eigenvalue weighted by Gasteiger charge is 2.46. The van der Waals surface area contributed by atoms with E-state index < -0.39 is 21.5 Å². The highest BCUT2D eigenvalue weighted by atomic mass is 79.9. The van der Waals surface area contributed by atoms with Crippen LogP contribution in [0.2, 0.25) is 5.02 Å². The number of hydrogen-bond donors (Lipinski definition) is 2. The molecule has 1 unspecified atom stereocenters. The number of ether oxygens (including phenoxy) is 1. The van der Waals surface area contributed by atoms with Crippen LogP contribution in [0.25, 0.3) is 0 Å². The number of carboxylic acid groups (broad SMARTS) is 1. The van der Waals surface area contributed by atoms with E-state index in [9.17, 15) is 18.3 Å². The van der Waals surface area contributed by atoms with E-state index in [1.165, 1.54) is 6.07 Å². The molecule has 2 rings (SSSR count). The summed E-state index contributed by atoms with van der Waals surface area (Å²) in [4.78, 5) is 11.3. The lowest BCUT2D eigenvalue weighted by Crippen LogP contribution is -2.54. The average molecular weight is 391 g/mol. The minimum atomic E-state index is -3.96. The molecule has 2 N–H and O–H groups in total. The first-order valence-electron chi connectivity index (χ1n) is 5.07. The van der Waals surface area contributed by atoms with E-state index in [1.54, 1.807) is 0 Å². The summed E-state index contributed by atoms with van der Waals surface area (Å²) in [6, 6.07) is 1.27. The van der Waals surface area contributed by atoms with Crippen molar-refractivity contribution in [1.82, 2.24) is 4.72 Å². The molecule has 1 aliphatic rings. The van der Waals surface area contributed by atoms with Crippen LogP contribution in [0.4, 0.5) is 0 Å². The maximum atomic E-state index is 12.2. The summed E-state index contributed by atoms with van der Waals surface area (Å²) in [5, 5.41) is 9.46. The van der Waals surface area contributed by atoms with Crippen molar-refractivity contribution in [3.05, 3.63) is 14.9 Å². The topological polar surface area (TPSA) is 92.7 Å². The van der Waals surface area contributed by atoms with Gasteiger partial charge in [0.2, 0.25) is 0 Å². The molecule has 10 heteroatoms. The first-order chi connectivity index (χ1) is 8.77. The fourth-order valence-electron chi connectivity index (χ4n) is 1.62. The first-order valence-corrected chi connectivity index (χ1v) is 8.54. The third kappa shape index (κ3) is 2.96. The van der Waals surface area contributed by atoms with Gasteiger partial charge >= 0.3 is 5.97 Å². The normalized spacial score (nSPS) is 23.7. The zero-order chi connectivity index (χ0) is 14.3. The Morgan fingerprint density at radius 2 is 2.32 bits per heavy atom. The van der Waals surface area contributed by atoms with Crippen LogP contribution in [0.5, 0.6) is 0 Å². The maximum Gasteiger partial charge on any atom is 0.327 e. The lowest BCUT2D eigenvalue weighted by molar-refractivity contribution is -0.144. The molecular weight excluding hydrogens is 382 g/mol. The van der Waals surface area contributed by atoms with Crippen molar-refractivity contribution in [2.24, 2.45) is 0 Å². The van der Waals surface area contributed by atoms with E-state index in [1.807, 2.05) is 0 Å². The molecule has 0 radical (unpaired) electrons. The van der Waals surface area contributed by atoms with E-state index in [0.29, 0.717) is 3.79 Å². The Morgan fingerprint density at radius 3 is 2.74 bits per heavy atom. The fourth-order valence-corrected chi connectivity index (χ4v) is 5.40. The summed E-state index contributed by atoms with van der Waals surface area (Å²) in [6.45, 7) is 0.00551. The van der Waals surface area contributed by atoms with Crippen molar-refractivity contribution in [3.8, 4) is 0 Å². The number of hydrogen-bond acceptors (Lipinski definition) is 5. The molecule has 0 saturated carbocycles. The van der Waals surface area contributed by atoms with Gasteiger partial charge in [0.1, 0.15) is 4.21 Å². The molecule has 106 valence electrons. The number of carboxylic acids is 1. The van der Waals surface area contributed by atoms with Gasteiger partial charge in [-0.15, -0.1) is 11.3 Å². The number of carbonyl (C=O) groups is 1. The third-order valence-electron chi connectivity index (χ3n) is 2.65. The van der Waals surface area contributed by atoms with Gasteiger partial charge in [-0.25, -0.2) is 8.42 Å². The Morgan fingerprint density at radius 1 is 1.63 bits per heavy atom. The molecule has 0 spiro atoms. The van der Waals surface area contributed by atoms with E-state index in [2.05, 4.69) is 20.7 Å². The number of rotatable bonds is 4. The number of thiophene rings is 1. The van der Waals surface area contributed by atoms with Crippen molar-refractivity contribution < 1.29 is 23.1 Å². The van der Waals surface area contributed by atoms with Crippen LogP contribution in [0.1, 0.15) is 6.42 Å². The van der Waals surface area contributed by atoms with Crippen molar-refractivity contribution in [2.45, 2.75) is 16.2 Å². The largest absolute Gasteiger partial charge is 0.480 e. The smallest absolute Gasteiger partial charge is 0.327 e. The van der Waals surface area contributed by atoms with E-state index in [0.717, 1.165) is 11.3 Å². The van der Waals surface area contributed by atoms with Crippen LogP contribution in [0.3, 0.4) is 0 Å². The van der Waals surface area contributed by atoms with Crippen molar-refractivity contribution in [3.63, 3.8) is 0 Å². The number of sulfonamides is 1. The zero-order valence-corrected chi connectivity index (χ0v) is 13.3. The highest BCUT2D eigenvalue weighted by molar-refractivity contribution is 9.11. The fraction of sp³-hybridized carbons (Fsp3) is 0.444. The number of halogens is 2. The Kier molecular flexibility index (Phi) is 4.24. The Hall–Kier alpha value is -0.190. The van der Waals surface area contributed by atoms with Gasteiger partial charge < -0.3 is 9.84 Å². The molecule has 1 saturated heterocycles. The number of aliphatic carboxylic acids is 1. The van der Waals surface area contributed by atoms with Crippen LogP contribution in [-0.4, -0.2) is 38.2 Å². The Labute approximate surface area is 126 Å². The number of nitrogens with one attached hydrogen (secondary N) is 1. The van der Waals surface area contributed by atoms with Crippen molar-refractivity contribution >= 4 is 54.9 Å². The van der Waals surface area contributed by atoms with Crippen LogP contribution in [0, 0.1) is 0 Å². The van der Waals surface area contributed by atoms with Crippen LogP contribution >= 0.6 is 38.9 Å². The Balaban J connectivity index is 2.33. The van der Waals surface area contributed by atoms with Gasteiger partial charge in [0, 0.05) is 13.0 Å². The van der Waals surface area contributed by atoms with E-state index in [-0.39, 0.29) is 28.9 Å². The highest BCUT2D eigenvalue weighted by Crippen LogP contribution is 2.35. The molecule has 1 aliphatic heterocycles. The van der Waals surface area contributed by atoms with Crippen LogP contribution in [-0.2, 0) is 19.6 Å². The second kappa shape index (κ2) is 5.30. The standard InChI is InChI=1S/C9H9BrClNO5S2/c10-7-5(11)3-6(18-7)19(15,16)12-9(8(13)14)1-2-17-4-9/h3,12H,1-2,4H2,(H,13,14). The van der Waals surface area contributed by atoms with E-state index >= 15 is 0 Å². The second-order valence-electron chi connectivity index (χ2n) is 3.98. The van der Waals surface area contributed by atoms with Gasteiger partial charge in [0.15, 0.2) is 5.54 Å². The predicted octanol–water partition coefficient (Wildman–Crippen LogP) is 1.69. The van der Waals surface area contributed by atoms with Gasteiger partial charge in [0.25, 0.3) is 10.0 Å². The lowest BCUT2D eigenvalue weighted by atomic mass is 10.0. The average Bonchev–Trinajstić information content (AvgIpc) is 2.88. The zero-order valence-electron chi connectivity index (χ0n) is 9.35. The predicted molar refractivity (Wildman–Crippen MR) is 73.2 cm³/mol. The first kappa shape index (κ1) is 15.2. The minimum Gasteiger partial charge on any atom is -0.480 e. The minimum absolute atomic E-state index is 0.0445. The van der Waals surface area contributed by atoms with Crippen molar-refractivity contribution in [1.29, 1.82) is 0 Å². The summed E-state index contributed by atoms with van der Waals surface area (Å²) >= 11 is 9.81.